The number of nitrogens with one attached hydrogen (secondary N) is 1. The van der Waals surface area contributed by atoms with Gasteiger partial charge >= 0.3 is 0 Å². The smallest absolute Gasteiger partial charge is 0.223 e. The summed E-state index contributed by atoms with van der Waals surface area (Å²) in [4.78, 5) is 13.4. The van der Waals surface area contributed by atoms with Gasteiger partial charge in [-0.05, 0) is 53.7 Å². The Kier molecular flexibility index (Phi) is 4.62. The van der Waals surface area contributed by atoms with Crippen LogP contribution in [0.15, 0.2) is 35.2 Å². The van der Waals surface area contributed by atoms with E-state index >= 15 is 0 Å². The average Bonchev–Trinajstić information content (AvgIpc) is 3.01. The largest absolute Gasteiger partial charge is 0.351 e. The molecule has 1 aliphatic carbocycles. The molecule has 0 saturated heterocycles. The Bertz CT molecular complexity index is 903. The van der Waals surface area contributed by atoms with Gasteiger partial charge in [-0.25, -0.2) is 15.0 Å². The van der Waals surface area contributed by atoms with E-state index in [4.69, 9.17) is 17.3 Å². The Hall–Kier alpha value is -1.70. The SMILES string of the molecule is NC1CCC(Nc2ncc(Cl)c(-c3cnc4ccc(Br)cn34)n2)CC1. The number of aromatic nitrogens is 4. The van der Waals surface area contributed by atoms with E-state index in [0.29, 0.717) is 28.7 Å². The van der Waals surface area contributed by atoms with Gasteiger partial charge in [0.25, 0.3) is 0 Å². The van der Waals surface area contributed by atoms with Crippen LogP contribution in [0.1, 0.15) is 25.7 Å². The molecule has 3 N–H and O–H groups in total. The second-order valence-corrected chi connectivity index (χ2v) is 7.69. The number of anilines is 1. The van der Waals surface area contributed by atoms with Crippen LogP contribution in [0, 0.1) is 0 Å². The Morgan fingerprint density at radius 2 is 1.96 bits per heavy atom. The number of rotatable bonds is 3. The summed E-state index contributed by atoms with van der Waals surface area (Å²) in [5.74, 6) is 0.588. The van der Waals surface area contributed by atoms with Crippen molar-refractivity contribution in [2.75, 3.05) is 5.32 Å². The molecule has 0 bridgehead atoms. The van der Waals surface area contributed by atoms with Gasteiger partial charge < -0.3 is 11.1 Å². The van der Waals surface area contributed by atoms with Crippen molar-refractivity contribution in [2.24, 2.45) is 5.73 Å². The highest BCUT2D eigenvalue weighted by atomic mass is 79.9. The second-order valence-electron chi connectivity index (χ2n) is 6.37. The van der Waals surface area contributed by atoms with E-state index in [-0.39, 0.29) is 0 Å². The zero-order valence-corrected chi connectivity index (χ0v) is 15.8. The minimum atomic E-state index is 0.316. The molecule has 3 heterocycles. The van der Waals surface area contributed by atoms with Crippen molar-refractivity contribution < 1.29 is 0 Å². The van der Waals surface area contributed by atoms with Crippen molar-refractivity contribution >= 4 is 39.1 Å². The lowest BCUT2D eigenvalue weighted by Crippen LogP contribution is -2.33. The molecular weight excluding hydrogens is 404 g/mol. The molecule has 0 radical (unpaired) electrons. The number of imidazole rings is 1. The first kappa shape index (κ1) is 16.8. The van der Waals surface area contributed by atoms with Crippen LogP contribution in [-0.4, -0.2) is 31.4 Å². The molecular formula is C17H18BrClN6. The monoisotopic (exact) mass is 420 g/mol. The van der Waals surface area contributed by atoms with Crippen LogP contribution in [0.2, 0.25) is 5.02 Å². The minimum absolute atomic E-state index is 0.316. The highest BCUT2D eigenvalue weighted by molar-refractivity contribution is 9.10. The molecule has 3 aromatic rings. The summed E-state index contributed by atoms with van der Waals surface area (Å²) in [7, 11) is 0. The van der Waals surface area contributed by atoms with Crippen LogP contribution in [0.5, 0.6) is 0 Å². The lowest BCUT2D eigenvalue weighted by molar-refractivity contribution is 0.410. The molecule has 0 unspecified atom stereocenters. The van der Waals surface area contributed by atoms with Gasteiger partial charge in [0.05, 0.1) is 23.1 Å². The van der Waals surface area contributed by atoms with Crippen LogP contribution in [0.25, 0.3) is 17.0 Å². The van der Waals surface area contributed by atoms with Crippen molar-refractivity contribution in [3.63, 3.8) is 0 Å². The Morgan fingerprint density at radius 3 is 2.76 bits per heavy atom. The third-order valence-corrected chi connectivity index (χ3v) is 5.31. The van der Waals surface area contributed by atoms with E-state index in [2.05, 4.69) is 36.2 Å². The fraction of sp³-hybridized carbons (Fsp3) is 0.353. The maximum atomic E-state index is 6.37. The molecule has 0 atom stereocenters. The number of hydrogen-bond acceptors (Lipinski definition) is 5. The third-order valence-electron chi connectivity index (χ3n) is 4.56. The van der Waals surface area contributed by atoms with Crippen LogP contribution in [0.4, 0.5) is 5.95 Å². The normalized spacial score (nSPS) is 20.8. The van der Waals surface area contributed by atoms with Crippen molar-refractivity contribution in [2.45, 2.75) is 37.8 Å². The van der Waals surface area contributed by atoms with Crippen molar-refractivity contribution in [1.29, 1.82) is 0 Å². The third kappa shape index (κ3) is 3.49. The summed E-state index contributed by atoms with van der Waals surface area (Å²) in [6.07, 6.45) is 9.48. The van der Waals surface area contributed by atoms with E-state index in [1.54, 1.807) is 12.4 Å². The van der Waals surface area contributed by atoms with E-state index in [0.717, 1.165) is 41.5 Å². The molecule has 1 saturated carbocycles. The Balaban J connectivity index is 1.66. The summed E-state index contributed by atoms with van der Waals surface area (Å²) < 4.78 is 2.92. The molecule has 8 heteroatoms. The first-order chi connectivity index (χ1) is 12.1. The van der Waals surface area contributed by atoms with Crippen LogP contribution in [-0.2, 0) is 0 Å². The zero-order valence-electron chi connectivity index (χ0n) is 13.5. The predicted octanol–water partition coefficient (Wildman–Crippen LogP) is 3.89. The molecule has 3 aromatic heterocycles. The second kappa shape index (κ2) is 6.90. The minimum Gasteiger partial charge on any atom is -0.351 e. The molecule has 130 valence electrons. The molecule has 1 fully saturated rings. The quantitative estimate of drug-likeness (QED) is 0.670. The standard InChI is InChI=1S/C17H18BrClN6/c18-10-1-6-15-21-8-14(25(15)9-10)16-13(19)7-22-17(24-16)23-12-4-2-11(20)3-5-12/h1,6-9,11-12H,2-5,20H2,(H,22,23,24). The fourth-order valence-electron chi connectivity index (χ4n) is 3.19. The fourth-order valence-corrected chi connectivity index (χ4v) is 3.72. The summed E-state index contributed by atoms with van der Waals surface area (Å²) in [5.41, 5.74) is 8.31. The van der Waals surface area contributed by atoms with Gasteiger partial charge in [0.15, 0.2) is 0 Å². The maximum absolute atomic E-state index is 6.37. The van der Waals surface area contributed by atoms with E-state index in [9.17, 15) is 0 Å². The molecule has 25 heavy (non-hydrogen) atoms. The summed E-state index contributed by atoms with van der Waals surface area (Å²) in [6.45, 7) is 0. The summed E-state index contributed by atoms with van der Waals surface area (Å²) in [6, 6.07) is 4.56. The highest BCUT2D eigenvalue weighted by Crippen LogP contribution is 2.28. The summed E-state index contributed by atoms with van der Waals surface area (Å²) >= 11 is 9.86. The van der Waals surface area contributed by atoms with Gasteiger partial charge in [0, 0.05) is 22.8 Å². The molecule has 4 rings (SSSR count). The number of hydrogen-bond donors (Lipinski definition) is 2. The van der Waals surface area contributed by atoms with Gasteiger partial charge in [0.2, 0.25) is 5.95 Å². The van der Waals surface area contributed by atoms with Crippen LogP contribution < -0.4 is 11.1 Å². The maximum Gasteiger partial charge on any atom is 0.223 e. The van der Waals surface area contributed by atoms with Gasteiger partial charge in [0.1, 0.15) is 11.3 Å². The lowest BCUT2D eigenvalue weighted by atomic mass is 9.92. The zero-order chi connectivity index (χ0) is 17.4. The molecule has 1 aliphatic rings. The Morgan fingerprint density at radius 1 is 1.16 bits per heavy atom. The molecule has 0 amide bonds. The first-order valence-electron chi connectivity index (χ1n) is 8.28. The van der Waals surface area contributed by atoms with Crippen molar-refractivity contribution in [3.05, 3.63) is 40.2 Å². The average molecular weight is 422 g/mol. The van der Waals surface area contributed by atoms with Crippen molar-refractivity contribution in [3.8, 4) is 11.4 Å². The highest BCUT2D eigenvalue weighted by Gasteiger charge is 2.20. The van der Waals surface area contributed by atoms with E-state index in [1.807, 2.05) is 22.7 Å². The van der Waals surface area contributed by atoms with Gasteiger partial charge in [-0.15, -0.1) is 0 Å². The molecule has 0 spiro atoms. The number of nitrogens with two attached hydrogens (primary N) is 1. The molecule has 0 aromatic carbocycles. The van der Waals surface area contributed by atoms with Gasteiger partial charge in [-0.1, -0.05) is 11.6 Å². The number of halogens is 2. The first-order valence-corrected chi connectivity index (χ1v) is 9.45. The van der Waals surface area contributed by atoms with Crippen LogP contribution in [0.3, 0.4) is 0 Å². The predicted molar refractivity (Wildman–Crippen MR) is 103 cm³/mol. The summed E-state index contributed by atoms with van der Waals surface area (Å²) in [5, 5.41) is 3.91. The van der Waals surface area contributed by atoms with E-state index < -0.39 is 0 Å². The topological polar surface area (TPSA) is 81.1 Å². The molecule has 0 aliphatic heterocycles. The number of nitrogens with zero attached hydrogens (tertiary/aromatic N) is 4. The van der Waals surface area contributed by atoms with E-state index in [1.165, 1.54) is 0 Å². The number of pyridine rings is 1. The Labute approximate surface area is 159 Å². The van der Waals surface area contributed by atoms with Crippen molar-refractivity contribution in [1.82, 2.24) is 19.4 Å². The number of fused-ring (bicyclic) bond motifs is 1. The van der Waals surface area contributed by atoms with Crippen LogP contribution >= 0.6 is 27.5 Å². The van der Waals surface area contributed by atoms with Gasteiger partial charge in [-0.3, -0.25) is 4.40 Å². The molecule has 6 nitrogen and oxygen atoms in total. The van der Waals surface area contributed by atoms with Gasteiger partial charge in [-0.2, -0.15) is 0 Å². The lowest BCUT2D eigenvalue weighted by Gasteiger charge is -2.26.